The minimum Gasteiger partial charge on any atom is -0.370 e. The van der Waals surface area contributed by atoms with Crippen molar-refractivity contribution in [3.63, 3.8) is 0 Å². The molecular weight excluding hydrogens is 240 g/mol. The second kappa shape index (κ2) is 6.13. The molecular formula is C14H18N4O. The summed E-state index contributed by atoms with van der Waals surface area (Å²) in [5.41, 5.74) is 1.80. The lowest BCUT2D eigenvalue weighted by atomic mass is 10.2. The van der Waals surface area contributed by atoms with Gasteiger partial charge in [-0.1, -0.05) is 6.92 Å². The summed E-state index contributed by atoms with van der Waals surface area (Å²) in [4.78, 5) is 16.0. The largest absolute Gasteiger partial charge is 0.370 e. The van der Waals surface area contributed by atoms with E-state index in [0.29, 0.717) is 6.54 Å². The summed E-state index contributed by atoms with van der Waals surface area (Å²) in [6.07, 6.45) is 4.48. The van der Waals surface area contributed by atoms with Gasteiger partial charge in [0.1, 0.15) is 5.82 Å². The lowest BCUT2D eigenvalue weighted by molar-refractivity contribution is 0.635. The third kappa shape index (κ3) is 3.64. The van der Waals surface area contributed by atoms with Gasteiger partial charge in [-0.05, 0) is 36.6 Å². The first-order chi connectivity index (χ1) is 9.19. The Labute approximate surface area is 112 Å². The molecule has 0 aromatic carbocycles. The molecule has 0 atom stereocenters. The first kappa shape index (κ1) is 13.3. The van der Waals surface area contributed by atoms with Crippen LogP contribution in [0.2, 0.25) is 0 Å². The first-order valence-corrected chi connectivity index (χ1v) is 6.41. The highest BCUT2D eigenvalue weighted by Crippen LogP contribution is 2.07. The van der Waals surface area contributed by atoms with Gasteiger partial charge in [0, 0.05) is 18.8 Å². The van der Waals surface area contributed by atoms with Crippen LogP contribution in [0, 0.1) is 6.92 Å². The smallest absolute Gasteiger partial charge is 0.267 e. The van der Waals surface area contributed by atoms with E-state index in [9.17, 15) is 4.79 Å². The van der Waals surface area contributed by atoms with Gasteiger partial charge < -0.3 is 5.32 Å². The van der Waals surface area contributed by atoms with Gasteiger partial charge in [-0.25, -0.2) is 9.67 Å². The van der Waals surface area contributed by atoms with E-state index in [4.69, 9.17) is 0 Å². The molecule has 0 aliphatic rings. The molecule has 2 rings (SSSR count). The highest BCUT2D eigenvalue weighted by atomic mass is 16.1. The van der Waals surface area contributed by atoms with Gasteiger partial charge in [0.15, 0.2) is 0 Å². The maximum atomic E-state index is 11.8. The molecule has 0 spiro atoms. The zero-order chi connectivity index (χ0) is 13.7. The number of anilines is 1. The maximum absolute atomic E-state index is 11.8. The normalized spacial score (nSPS) is 10.4. The van der Waals surface area contributed by atoms with E-state index in [0.717, 1.165) is 29.9 Å². The predicted octanol–water partition coefficient (Wildman–Crippen LogP) is 1.82. The zero-order valence-corrected chi connectivity index (χ0v) is 11.3. The van der Waals surface area contributed by atoms with Gasteiger partial charge in [0.25, 0.3) is 5.56 Å². The molecule has 0 unspecified atom stereocenters. The number of hydrogen-bond donors (Lipinski definition) is 1. The van der Waals surface area contributed by atoms with Crippen LogP contribution < -0.4 is 10.9 Å². The number of aryl methyl sites for hydroxylation is 1. The van der Waals surface area contributed by atoms with Crippen molar-refractivity contribution in [2.75, 3.05) is 11.9 Å². The molecule has 19 heavy (non-hydrogen) atoms. The molecule has 0 radical (unpaired) electrons. The SMILES string of the molecule is CCCNc1cc(Cn2ncc(C)cc2=O)ccn1. The minimum atomic E-state index is -0.0834. The Hall–Kier alpha value is -2.17. The topological polar surface area (TPSA) is 59.8 Å². The van der Waals surface area contributed by atoms with Crippen molar-refractivity contribution in [1.29, 1.82) is 0 Å². The van der Waals surface area contributed by atoms with Gasteiger partial charge in [-0.15, -0.1) is 0 Å². The van der Waals surface area contributed by atoms with Crippen LogP contribution in [0.4, 0.5) is 5.82 Å². The van der Waals surface area contributed by atoms with Crippen molar-refractivity contribution in [2.45, 2.75) is 26.8 Å². The van der Waals surface area contributed by atoms with E-state index < -0.39 is 0 Å². The van der Waals surface area contributed by atoms with Gasteiger partial charge in [-0.2, -0.15) is 5.10 Å². The van der Waals surface area contributed by atoms with E-state index in [-0.39, 0.29) is 5.56 Å². The highest BCUT2D eigenvalue weighted by Gasteiger charge is 2.01. The number of hydrogen-bond acceptors (Lipinski definition) is 4. The molecule has 0 aliphatic carbocycles. The molecule has 100 valence electrons. The summed E-state index contributed by atoms with van der Waals surface area (Å²) < 4.78 is 1.45. The quantitative estimate of drug-likeness (QED) is 0.888. The van der Waals surface area contributed by atoms with Crippen LogP contribution in [0.25, 0.3) is 0 Å². The summed E-state index contributed by atoms with van der Waals surface area (Å²) in [6, 6.07) is 5.43. The van der Waals surface area contributed by atoms with Crippen LogP contribution in [0.15, 0.2) is 35.4 Å². The molecule has 2 heterocycles. The van der Waals surface area contributed by atoms with Crippen molar-refractivity contribution in [3.05, 3.63) is 52.1 Å². The first-order valence-electron chi connectivity index (χ1n) is 6.41. The highest BCUT2D eigenvalue weighted by molar-refractivity contribution is 5.37. The Bertz CT molecular complexity index is 606. The van der Waals surface area contributed by atoms with Crippen LogP contribution >= 0.6 is 0 Å². The summed E-state index contributed by atoms with van der Waals surface area (Å²) in [6.45, 7) is 5.31. The zero-order valence-electron chi connectivity index (χ0n) is 11.3. The molecule has 2 aromatic heterocycles. The van der Waals surface area contributed by atoms with E-state index in [1.54, 1.807) is 18.5 Å². The monoisotopic (exact) mass is 258 g/mol. The molecule has 0 aliphatic heterocycles. The Balaban J connectivity index is 2.16. The third-order valence-corrected chi connectivity index (χ3v) is 2.72. The molecule has 0 bridgehead atoms. The summed E-state index contributed by atoms with van der Waals surface area (Å²) in [5.74, 6) is 0.833. The van der Waals surface area contributed by atoms with Gasteiger partial charge >= 0.3 is 0 Å². The van der Waals surface area contributed by atoms with Crippen molar-refractivity contribution in [1.82, 2.24) is 14.8 Å². The summed E-state index contributed by atoms with van der Waals surface area (Å²) in [5, 5.41) is 7.35. The van der Waals surface area contributed by atoms with Gasteiger partial charge in [-0.3, -0.25) is 4.79 Å². The molecule has 1 N–H and O–H groups in total. The number of rotatable bonds is 5. The molecule has 0 fully saturated rings. The van der Waals surface area contributed by atoms with Crippen LogP contribution in [-0.4, -0.2) is 21.3 Å². The van der Waals surface area contributed by atoms with Crippen molar-refractivity contribution in [2.24, 2.45) is 0 Å². The molecule has 2 aromatic rings. The Kier molecular flexibility index (Phi) is 4.28. The molecule has 0 amide bonds. The molecule has 0 saturated carbocycles. The van der Waals surface area contributed by atoms with E-state index in [1.165, 1.54) is 4.68 Å². The molecule has 0 saturated heterocycles. The lowest BCUT2D eigenvalue weighted by Crippen LogP contribution is -2.22. The third-order valence-electron chi connectivity index (χ3n) is 2.72. The average Bonchev–Trinajstić information content (AvgIpc) is 2.40. The Morgan fingerprint density at radius 3 is 2.95 bits per heavy atom. The van der Waals surface area contributed by atoms with E-state index in [1.807, 2.05) is 19.1 Å². The fourth-order valence-electron chi connectivity index (χ4n) is 1.74. The van der Waals surface area contributed by atoms with Gasteiger partial charge in [0.05, 0.1) is 12.7 Å². The van der Waals surface area contributed by atoms with Crippen LogP contribution in [0.1, 0.15) is 24.5 Å². The van der Waals surface area contributed by atoms with Crippen LogP contribution in [0.5, 0.6) is 0 Å². The average molecular weight is 258 g/mol. The number of pyridine rings is 1. The molecule has 5 heteroatoms. The summed E-state index contributed by atoms with van der Waals surface area (Å²) >= 11 is 0. The minimum absolute atomic E-state index is 0.0834. The predicted molar refractivity (Wildman–Crippen MR) is 75.4 cm³/mol. The molecule has 5 nitrogen and oxygen atoms in total. The summed E-state index contributed by atoms with van der Waals surface area (Å²) in [7, 11) is 0. The fourth-order valence-corrected chi connectivity index (χ4v) is 1.74. The fraction of sp³-hybridized carbons (Fsp3) is 0.357. The lowest BCUT2D eigenvalue weighted by Gasteiger charge is -2.07. The van der Waals surface area contributed by atoms with Gasteiger partial charge in [0.2, 0.25) is 0 Å². The second-order valence-corrected chi connectivity index (χ2v) is 4.50. The number of nitrogens with one attached hydrogen (secondary N) is 1. The van der Waals surface area contributed by atoms with Crippen LogP contribution in [0.3, 0.4) is 0 Å². The van der Waals surface area contributed by atoms with Crippen molar-refractivity contribution >= 4 is 5.82 Å². The second-order valence-electron chi connectivity index (χ2n) is 4.50. The number of nitrogens with zero attached hydrogens (tertiary/aromatic N) is 3. The Morgan fingerprint density at radius 1 is 1.37 bits per heavy atom. The Morgan fingerprint density at radius 2 is 2.21 bits per heavy atom. The maximum Gasteiger partial charge on any atom is 0.267 e. The van der Waals surface area contributed by atoms with E-state index in [2.05, 4.69) is 22.3 Å². The standard InChI is InChI=1S/C14H18N4O/c1-3-5-15-13-8-12(4-6-16-13)10-18-14(19)7-11(2)9-17-18/h4,6-9H,3,5,10H2,1-2H3,(H,15,16). The van der Waals surface area contributed by atoms with Crippen LogP contribution in [-0.2, 0) is 6.54 Å². The van der Waals surface area contributed by atoms with E-state index >= 15 is 0 Å². The van der Waals surface area contributed by atoms with Crippen molar-refractivity contribution in [3.8, 4) is 0 Å². The number of aromatic nitrogens is 3. The van der Waals surface area contributed by atoms with Crippen molar-refractivity contribution < 1.29 is 0 Å².